The van der Waals surface area contributed by atoms with Crippen LogP contribution >= 0.6 is 0 Å². The molecule has 0 radical (unpaired) electrons. The van der Waals surface area contributed by atoms with Gasteiger partial charge < -0.3 is 26.0 Å². The van der Waals surface area contributed by atoms with Crippen molar-refractivity contribution in [3.63, 3.8) is 0 Å². The number of carbonyl (C=O) groups excluding carboxylic acids is 3. The predicted molar refractivity (Wildman–Crippen MR) is 136 cm³/mol. The number of aliphatic carboxylic acids is 1. The molecule has 0 aliphatic carbocycles. The molecule has 0 saturated heterocycles. The van der Waals surface area contributed by atoms with Gasteiger partial charge in [0, 0.05) is 23.5 Å². The number of hydrogen-bond donors (Lipinski definition) is 5. The minimum absolute atomic E-state index is 0.0369. The van der Waals surface area contributed by atoms with Crippen LogP contribution in [-0.4, -0.2) is 52.5 Å². The van der Waals surface area contributed by atoms with Crippen molar-refractivity contribution >= 4 is 46.1 Å². The van der Waals surface area contributed by atoms with Crippen LogP contribution in [0.25, 0.3) is 10.9 Å². The van der Waals surface area contributed by atoms with Crippen LogP contribution in [-0.2, 0) is 20.8 Å². The van der Waals surface area contributed by atoms with E-state index in [1.807, 2.05) is 38.1 Å². The third-order valence-corrected chi connectivity index (χ3v) is 6.05. The van der Waals surface area contributed by atoms with Crippen molar-refractivity contribution in [2.75, 3.05) is 16.8 Å². The number of carboxylic acid groups (broad SMARTS) is 1. The minimum Gasteiger partial charge on any atom is -0.480 e. The maximum absolute atomic E-state index is 13.2. The van der Waals surface area contributed by atoms with Gasteiger partial charge in [-0.15, -0.1) is 0 Å². The summed E-state index contributed by atoms with van der Waals surface area (Å²) in [5.74, 6) is -2.09. The number of aromatic nitrogens is 1. The zero-order valence-electron chi connectivity index (χ0n) is 20.1. The normalized spacial score (nSPS) is 14.6. The maximum Gasteiger partial charge on any atom is 0.326 e. The third-order valence-electron chi connectivity index (χ3n) is 6.05. The maximum atomic E-state index is 13.2. The highest BCUT2D eigenvalue weighted by atomic mass is 16.4. The number of H-pyrrole nitrogens is 1. The molecule has 10 heteroatoms. The van der Waals surface area contributed by atoms with Gasteiger partial charge in [-0.2, -0.15) is 0 Å². The number of fused-ring (bicyclic) bond motifs is 2. The van der Waals surface area contributed by atoms with Crippen LogP contribution in [0.5, 0.6) is 0 Å². The molecule has 10 nitrogen and oxygen atoms in total. The molecule has 36 heavy (non-hydrogen) atoms. The second-order valence-corrected chi connectivity index (χ2v) is 9.25. The first-order valence-electron chi connectivity index (χ1n) is 11.8. The van der Waals surface area contributed by atoms with Crippen molar-refractivity contribution < 1.29 is 24.3 Å². The summed E-state index contributed by atoms with van der Waals surface area (Å²) >= 11 is 0. The molecule has 0 saturated carbocycles. The largest absolute Gasteiger partial charge is 0.480 e. The van der Waals surface area contributed by atoms with Gasteiger partial charge in [0.2, 0.25) is 11.8 Å². The Hall–Kier alpha value is -4.34. The van der Waals surface area contributed by atoms with Crippen LogP contribution in [0.15, 0.2) is 54.7 Å². The van der Waals surface area contributed by atoms with Crippen molar-refractivity contribution in [1.29, 1.82) is 0 Å². The summed E-state index contributed by atoms with van der Waals surface area (Å²) in [6.07, 6.45) is 2.10. The average Bonchev–Trinajstić information content (AvgIpc) is 3.25. The molecular formula is C26H29N5O5. The van der Waals surface area contributed by atoms with E-state index in [2.05, 4.69) is 20.9 Å². The summed E-state index contributed by atoms with van der Waals surface area (Å²) in [5.41, 5.74) is 2.65. The number of nitrogens with one attached hydrogen (secondary N) is 4. The molecule has 2 heterocycles. The molecule has 0 fully saturated rings. The number of amides is 4. The highest BCUT2D eigenvalue weighted by molar-refractivity contribution is 6.10. The van der Waals surface area contributed by atoms with Crippen LogP contribution in [0.2, 0.25) is 0 Å². The molecule has 1 aromatic heterocycles. The van der Waals surface area contributed by atoms with Crippen molar-refractivity contribution in [3.8, 4) is 0 Å². The van der Waals surface area contributed by atoms with Gasteiger partial charge in [-0.05, 0) is 36.1 Å². The molecule has 3 aromatic rings. The number of hydrogen-bond acceptors (Lipinski definition) is 4. The van der Waals surface area contributed by atoms with Gasteiger partial charge in [-0.25, -0.2) is 9.59 Å². The lowest BCUT2D eigenvalue weighted by Gasteiger charge is -2.31. The third kappa shape index (κ3) is 5.48. The first-order chi connectivity index (χ1) is 17.2. The Bertz CT molecular complexity index is 1300. The summed E-state index contributed by atoms with van der Waals surface area (Å²) in [6.45, 7) is 3.60. The summed E-state index contributed by atoms with van der Waals surface area (Å²) in [7, 11) is 0. The van der Waals surface area contributed by atoms with Crippen LogP contribution < -0.4 is 20.9 Å². The Balaban J connectivity index is 1.50. The molecule has 0 spiro atoms. The molecule has 2 atom stereocenters. The molecule has 2 aromatic carbocycles. The lowest BCUT2D eigenvalue weighted by Crippen LogP contribution is -2.56. The zero-order valence-corrected chi connectivity index (χ0v) is 20.1. The van der Waals surface area contributed by atoms with Crippen LogP contribution in [0.1, 0.15) is 25.8 Å². The SMILES string of the molecule is CC(C)C[C@H](NC(=O)N1CC(=O)Nc2ccccc21)C(=O)N[C@@H](Cc1c[nH]c2ccccc12)C(=O)O. The smallest absolute Gasteiger partial charge is 0.326 e. The van der Waals surface area contributed by atoms with Crippen LogP contribution in [0, 0.1) is 5.92 Å². The number of carbonyl (C=O) groups is 4. The Morgan fingerprint density at radius 1 is 1.03 bits per heavy atom. The Morgan fingerprint density at radius 3 is 2.50 bits per heavy atom. The number of benzene rings is 2. The Labute approximate surface area is 208 Å². The summed E-state index contributed by atoms with van der Waals surface area (Å²) in [5, 5.41) is 18.7. The number of urea groups is 1. The Kier molecular flexibility index (Phi) is 7.23. The fourth-order valence-electron chi connectivity index (χ4n) is 4.34. The van der Waals surface area contributed by atoms with Crippen molar-refractivity contribution in [2.45, 2.75) is 38.8 Å². The van der Waals surface area contributed by atoms with E-state index < -0.39 is 30.0 Å². The molecular weight excluding hydrogens is 462 g/mol. The topological polar surface area (TPSA) is 144 Å². The number of anilines is 2. The number of aromatic amines is 1. The van der Waals surface area contributed by atoms with Crippen molar-refractivity contribution in [3.05, 3.63) is 60.3 Å². The van der Waals surface area contributed by atoms with Gasteiger partial charge in [0.05, 0.1) is 11.4 Å². The highest BCUT2D eigenvalue weighted by Crippen LogP contribution is 2.29. The summed E-state index contributed by atoms with van der Waals surface area (Å²) < 4.78 is 0. The molecule has 0 bridgehead atoms. The Morgan fingerprint density at radius 2 is 1.75 bits per heavy atom. The minimum atomic E-state index is -1.19. The van der Waals surface area contributed by atoms with Crippen molar-refractivity contribution in [1.82, 2.24) is 15.6 Å². The van der Waals surface area contributed by atoms with Crippen molar-refractivity contribution in [2.24, 2.45) is 5.92 Å². The van der Waals surface area contributed by atoms with E-state index in [1.165, 1.54) is 4.90 Å². The van der Waals surface area contributed by atoms with Gasteiger partial charge in [-0.3, -0.25) is 14.5 Å². The molecule has 4 rings (SSSR count). The summed E-state index contributed by atoms with van der Waals surface area (Å²) in [4.78, 5) is 54.9. The first kappa shape index (κ1) is 24.8. The second kappa shape index (κ2) is 10.5. The quantitative estimate of drug-likeness (QED) is 0.329. The van der Waals surface area contributed by atoms with E-state index >= 15 is 0 Å². The van der Waals surface area contributed by atoms with Gasteiger partial charge >= 0.3 is 12.0 Å². The summed E-state index contributed by atoms with van der Waals surface area (Å²) in [6, 6.07) is 11.6. The van der Waals surface area contributed by atoms with Gasteiger partial charge in [0.25, 0.3) is 0 Å². The molecule has 0 unspecified atom stereocenters. The lowest BCUT2D eigenvalue weighted by atomic mass is 10.0. The highest BCUT2D eigenvalue weighted by Gasteiger charge is 2.32. The van der Waals surface area contributed by atoms with Crippen LogP contribution in [0.3, 0.4) is 0 Å². The van der Waals surface area contributed by atoms with E-state index in [0.29, 0.717) is 17.8 Å². The molecule has 4 amide bonds. The molecule has 188 valence electrons. The molecule has 1 aliphatic heterocycles. The van der Waals surface area contributed by atoms with Gasteiger partial charge in [-0.1, -0.05) is 44.2 Å². The molecule has 5 N–H and O–H groups in total. The van der Waals surface area contributed by atoms with E-state index in [-0.39, 0.29) is 24.8 Å². The molecule has 1 aliphatic rings. The van der Waals surface area contributed by atoms with Crippen LogP contribution in [0.4, 0.5) is 16.2 Å². The fourth-order valence-corrected chi connectivity index (χ4v) is 4.34. The standard InChI is InChI=1S/C26H29N5O5/c1-15(2)11-20(30-26(36)31-14-23(32)28-19-9-5-6-10-22(19)31)24(33)29-21(25(34)35)12-16-13-27-18-8-4-3-7-17(16)18/h3-10,13,15,20-21,27H,11-12,14H2,1-2H3,(H,28,32)(H,29,33)(H,30,36)(H,34,35)/t20-,21-/m0/s1. The predicted octanol–water partition coefficient (Wildman–Crippen LogP) is 2.86. The lowest BCUT2D eigenvalue weighted by molar-refractivity contribution is -0.142. The van der Waals surface area contributed by atoms with E-state index in [1.54, 1.807) is 30.5 Å². The number of carboxylic acids is 1. The zero-order chi connectivity index (χ0) is 25.8. The fraction of sp³-hybridized carbons (Fsp3) is 0.308. The van der Waals surface area contributed by atoms with Gasteiger partial charge in [0.1, 0.15) is 18.6 Å². The average molecular weight is 492 g/mol. The van der Waals surface area contributed by atoms with E-state index in [4.69, 9.17) is 0 Å². The monoisotopic (exact) mass is 491 g/mol. The number of rotatable bonds is 8. The number of nitrogens with zero attached hydrogens (tertiary/aromatic N) is 1. The second-order valence-electron chi connectivity index (χ2n) is 9.25. The van der Waals surface area contributed by atoms with E-state index in [0.717, 1.165) is 16.5 Å². The number of para-hydroxylation sites is 3. The van der Waals surface area contributed by atoms with E-state index in [9.17, 15) is 24.3 Å². The first-order valence-corrected chi connectivity index (χ1v) is 11.8. The van der Waals surface area contributed by atoms with Gasteiger partial charge in [0.15, 0.2) is 0 Å².